The maximum absolute atomic E-state index is 11.1. The van der Waals surface area contributed by atoms with Crippen LogP contribution < -0.4 is 11.5 Å². The Morgan fingerprint density at radius 3 is 2.93 bits per heavy atom. The van der Waals surface area contributed by atoms with Crippen molar-refractivity contribution in [1.29, 1.82) is 0 Å². The number of hydrogen-bond acceptors (Lipinski definition) is 4. The van der Waals surface area contributed by atoms with Gasteiger partial charge < -0.3 is 11.5 Å². The van der Waals surface area contributed by atoms with Crippen molar-refractivity contribution in [2.45, 2.75) is 6.92 Å². The number of rotatable bonds is 1. The fraction of sp³-hybridized carbons (Fsp3) is 0.125. The summed E-state index contributed by atoms with van der Waals surface area (Å²) in [5, 5.41) is 3.96. The van der Waals surface area contributed by atoms with E-state index in [9.17, 15) is 4.79 Å². The average Bonchev–Trinajstić information content (AvgIpc) is 2.42. The second kappa shape index (κ2) is 2.69. The van der Waals surface area contributed by atoms with Crippen LogP contribution in [0.2, 0.25) is 0 Å². The van der Waals surface area contributed by atoms with E-state index >= 15 is 0 Å². The molecular weight excluding hydrogens is 182 g/mol. The third-order valence-corrected chi connectivity index (χ3v) is 1.98. The molecule has 2 aromatic rings. The van der Waals surface area contributed by atoms with Crippen molar-refractivity contribution < 1.29 is 4.79 Å². The third kappa shape index (κ3) is 1.00. The fourth-order valence-corrected chi connectivity index (χ4v) is 1.31. The largest absolute Gasteiger partial charge is 0.381 e. The van der Waals surface area contributed by atoms with Gasteiger partial charge in [-0.3, -0.25) is 4.79 Å². The number of nitrogens with two attached hydrogens (primary N) is 2. The van der Waals surface area contributed by atoms with Gasteiger partial charge in [-0.05, 0) is 13.0 Å². The number of anilines is 1. The molecule has 0 aliphatic rings. The van der Waals surface area contributed by atoms with Gasteiger partial charge in [-0.1, -0.05) is 0 Å². The normalized spacial score (nSPS) is 10.6. The molecule has 2 heterocycles. The first-order chi connectivity index (χ1) is 6.61. The number of amides is 1. The van der Waals surface area contributed by atoms with E-state index in [-0.39, 0.29) is 11.4 Å². The summed E-state index contributed by atoms with van der Waals surface area (Å²) in [5.74, 6) is -0.505. The van der Waals surface area contributed by atoms with Crippen molar-refractivity contribution in [2.75, 3.05) is 5.73 Å². The van der Waals surface area contributed by atoms with Crippen molar-refractivity contribution in [2.24, 2.45) is 5.73 Å². The van der Waals surface area contributed by atoms with Crippen LogP contribution in [0.25, 0.3) is 5.65 Å². The van der Waals surface area contributed by atoms with Crippen molar-refractivity contribution >= 4 is 17.4 Å². The SMILES string of the molecule is Cc1ccnc2c(C(N)=O)c(N)nn12. The number of aryl methyl sites for hydroxylation is 1. The first-order valence-electron chi connectivity index (χ1n) is 4.01. The van der Waals surface area contributed by atoms with E-state index in [4.69, 9.17) is 11.5 Å². The fourth-order valence-electron chi connectivity index (χ4n) is 1.31. The standard InChI is InChI=1S/C8H9N5O/c1-4-2-3-11-8-5(7(10)14)6(9)12-13(4)8/h2-3H,1H3,(H2,9,12)(H2,10,14). The van der Waals surface area contributed by atoms with Crippen LogP contribution in [0.4, 0.5) is 5.82 Å². The predicted octanol–water partition coefficient (Wildman–Crippen LogP) is -0.281. The maximum atomic E-state index is 11.1. The van der Waals surface area contributed by atoms with E-state index < -0.39 is 5.91 Å². The lowest BCUT2D eigenvalue weighted by molar-refractivity contribution is 0.100. The van der Waals surface area contributed by atoms with Gasteiger partial charge in [0.15, 0.2) is 11.5 Å². The van der Waals surface area contributed by atoms with Crippen LogP contribution in [0.3, 0.4) is 0 Å². The topological polar surface area (TPSA) is 99.3 Å². The molecule has 0 atom stereocenters. The van der Waals surface area contributed by atoms with Gasteiger partial charge in [-0.2, -0.15) is 0 Å². The number of primary amides is 1. The zero-order chi connectivity index (χ0) is 10.3. The summed E-state index contributed by atoms with van der Waals surface area (Å²) >= 11 is 0. The number of nitrogens with zero attached hydrogens (tertiary/aromatic N) is 3. The molecule has 6 nitrogen and oxygen atoms in total. The molecule has 72 valence electrons. The van der Waals surface area contributed by atoms with Crippen molar-refractivity contribution in [1.82, 2.24) is 14.6 Å². The lowest BCUT2D eigenvalue weighted by Gasteiger charge is -1.96. The lowest BCUT2D eigenvalue weighted by atomic mass is 10.3. The minimum absolute atomic E-state index is 0.110. The van der Waals surface area contributed by atoms with E-state index in [1.807, 2.05) is 6.92 Å². The molecule has 0 aliphatic carbocycles. The van der Waals surface area contributed by atoms with E-state index in [1.54, 1.807) is 12.3 Å². The highest BCUT2D eigenvalue weighted by atomic mass is 16.1. The van der Waals surface area contributed by atoms with Gasteiger partial charge in [-0.15, -0.1) is 5.10 Å². The van der Waals surface area contributed by atoms with Gasteiger partial charge in [0.1, 0.15) is 5.56 Å². The van der Waals surface area contributed by atoms with Crippen molar-refractivity contribution in [3.05, 3.63) is 23.5 Å². The number of fused-ring (bicyclic) bond motifs is 1. The second-order valence-corrected chi connectivity index (χ2v) is 2.95. The molecule has 6 heteroatoms. The van der Waals surface area contributed by atoms with Crippen LogP contribution in [-0.4, -0.2) is 20.5 Å². The molecule has 0 saturated heterocycles. The quantitative estimate of drug-likeness (QED) is 0.647. The summed E-state index contributed by atoms with van der Waals surface area (Å²) in [6.45, 7) is 1.84. The van der Waals surface area contributed by atoms with E-state index in [1.165, 1.54) is 4.52 Å². The zero-order valence-electron chi connectivity index (χ0n) is 7.56. The molecule has 14 heavy (non-hydrogen) atoms. The molecule has 2 rings (SSSR count). The molecular formula is C8H9N5O. The molecule has 0 aliphatic heterocycles. The highest BCUT2D eigenvalue weighted by molar-refractivity contribution is 6.03. The average molecular weight is 191 g/mol. The van der Waals surface area contributed by atoms with Gasteiger partial charge in [0, 0.05) is 11.9 Å². The summed E-state index contributed by atoms with van der Waals surface area (Å²) in [5.41, 5.74) is 12.1. The first-order valence-corrected chi connectivity index (χ1v) is 4.01. The summed E-state index contributed by atoms with van der Waals surface area (Å²) in [6, 6.07) is 1.77. The Morgan fingerprint density at radius 1 is 1.57 bits per heavy atom. The molecule has 0 fully saturated rings. The lowest BCUT2D eigenvalue weighted by Crippen LogP contribution is -2.13. The van der Waals surface area contributed by atoms with Gasteiger partial charge in [0.25, 0.3) is 5.91 Å². The Kier molecular flexibility index (Phi) is 1.63. The molecule has 1 amide bonds. The Morgan fingerprint density at radius 2 is 2.29 bits per heavy atom. The van der Waals surface area contributed by atoms with Gasteiger partial charge in [-0.25, -0.2) is 9.50 Å². The van der Waals surface area contributed by atoms with Crippen LogP contribution in [-0.2, 0) is 0 Å². The number of hydrogen-bond donors (Lipinski definition) is 2. The number of carbonyl (C=O) groups is 1. The van der Waals surface area contributed by atoms with Gasteiger partial charge in [0.2, 0.25) is 0 Å². The molecule has 0 aromatic carbocycles. The minimum Gasteiger partial charge on any atom is -0.381 e. The Balaban J connectivity index is 2.90. The number of carbonyl (C=O) groups excluding carboxylic acids is 1. The molecule has 2 aromatic heterocycles. The maximum Gasteiger partial charge on any atom is 0.256 e. The molecule has 0 spiro atoms. The molecule has 0 unspecified atom stereocenters. The summed E-state index contributed by atoms with van der Waals surface area (Å²) < 4.78 is 1.50. The van der Waals surface area contributed by atoms with Crippen molar-refractivity contribution in [3.8, 4) is 0 Å². The smallest absolute Gasteiger partial charge is 0.256 e. The summed E-state index contributed by atoms with van der Waals surface area (Å²) in [4.78, 5) is 15.1. The van der Waals surface area contributed by atoms with Crippen LogP contribution >= 0.6 is 0 Å². The zero-order valence-corrected chi connectivity index (χ0v) is 7.56. The van der Waals surface area contributed by atoms with Crippen molar-refractivity contribution in [3.63, 3.8) is 0 Å². The Labute approximate surface area is 79.5 Å². The van der Waals surface area contributed by atoms with Gasteiger partial charge >= 0.3 is 0 Å². The highest BCUT2D eigenvalue weighted by Gasteiger charge is 2.16. The molecule has 0 radical (unpaired) electrons. The van der Waals surface area contributed by atoms with E-state index in [0.717, 1.165) is 5.69 Å². The van der Waals surface area contributed by atoms with Crippen LogP contribution in [0.5, 0.6) is 0 Å². The number of nitrogen functional groups attached to an aromatic ring is 1. The van der Waals surface area contributed by atoms with Crippen LogP contribution in [0.1, 0.15) is 16.1 Å². The minimum atomic E-state index is -0.615. The second-order valence-electron chi connectivity index (χ2n) is 2.95. The van der Waals surface area contributed by atoms with E-state index in [0.29, 0.717) is 5.65 Å². The van der Waals surface area contributed by atoms with Gasteiger partial charge in [0.05, 0.1) is 0 Å². The predicted molar refractivity (Wildman–Crippen MR) is 50.7 cm³/mol. The highest BCUT2D eigenvalue weighted by Crippen LogP contribution is 2.15. The number of aromatic nitrogens is 3. The summed E-state index contributed by atoms with van der Waals surface area (Å²) in [6.07, 6.45) is 1.58. The molecule has 4 N–H and O–H groups in total. The van der Waals surface area contributed by atoms with Crippen LogP contribution in [0.15, 0.2) is 12.3 Å². The van der Waals surface area contributed by atoms with Crippen LogP contribution in [0, 0.1) is 6.92 Å². The first kappa shape index (κ1) is 8.49. The molecule has 0 saturated carbocycles. The third-order valence-electron chi connectivity index (χ3n) is 1.98. The Hall–Kier alpha value is -2.11. The van der Waals surface area contributed by atoms with E-state index in [2.05, 4.69) is 10.1 Å². The summed E-state index contributed by atoms with van der Waals surface area (Å²) in [7, 11) is 0. The molecule has 0 bridgehead atoms. The Bertz CT molecular complexity index is 516. The monoisotopic (exact) mass is 191 g/mol.